The molecule has 245 valence electrons. The molecule has 0 amide bonds. The van der Waals surface area contributed by atoms with Crippen molar-refractivity contribution in [1.82, 2.24) is 0 Å². The Hall–Kier alpha value is -1.74. The Labute approximate surface area is 294 Å². The third-order valence-electron chi connectivity index (χ3n) is 11.2. The molecule has 0 aliphatic heterocycles. The minimum atomic E-state index is -4.80. The first kappa shape index (κ1) is 35.1. The van der Waals surface area contributed by atoms with Crippen molar-refractivity contribution in [2.75, 3.05) is 0 Å². The van der Waals surface area contributed by atoms with Gasteiger partial charge in [-0.15, -0.1) is 0 Å². The molecule has 0 nitrogen and oxygen atoms in total. The van der Waals surface area contributed by atoms with Crippen LogP contribution in [-0.2, 0) is 15.6 Å². The molecular formula is C42H51Cl2Si2Zr. The average molecular weight is 774 g/mol. The summed E-state index contributed by atoms with van der Waals surface area (Å²) in [6.45, 7) is 23.6. The van der Waals surface area contributed by atoms with E-state index in [1.165, 1.54) is 66.4 Å². The summed E-state index contributed by atoms with van der Waals surface area (Å²) in [5.41, 5.74) is 14.6. The predicted octanol–water partition coefficient (Wildman–Crippen LogP) is 12.9. The molecule has 4 aromatic carbocycles. The van der Waals surface area contributed by atoms with Crippen molar-refractivity contribution in [1.29, 1.82) is 0 Å². The van der Waals surface area contributed by atoms with Crippen LogP contribution in [0.25, 0.3) is 34.4 Å². The third kappa shape index (κ3) is 5.85. The van der Waals surface area contributed by atoms with Gasteiger partial charge in [-0.05, 0) is 0 Å². The number of benzene rings is 4. The van der Waals surface area contributed by atoms with Gasteiger partial charge in [-0.25, -0.2) is 0 Å². The van der Waals surface area contributed by atoms with Gasteiger partial charge in [0.1, 0.15) is 0 Å². The molecule has 6 rings (SSSR count). The number of rotatable bonds is 8. The number of halogens is 2. The van der Waals surface area contributed by atoms with Crippen LogP contribution in [0.2, 0.25) is 32.7 Å². The Morgan fingerprint density at radius 3 is 1.60 bits per heavy atom. The first-order valence-electron chi connectivity index (χ1n) is 17.5. The van der Waals surface area contributed by atoms with E-state index in [1.54, 1.807) is 0 Å². The van der Waals surface area contributed by atoms with Crippen molar-refractivity contribution in [2.45, 2.75) is 80.5 Å². The maximum atomic E-state index is 8.61. The summed E-state index contributed by atoms with van der Waals surface area (Å²) in [7, 11) is 15.8. The summed E-state index contributed by atoms with van der Waals surface area (Å²) < 4.78 is 0.185. The van der Waals surface area contributed by atoms with Gasteiger partial charge >= 0.3 is 297 Å². The maximum absolute atomic E-state index is 8.61. The number of allylic oxidation sites excluding steroid dienone is 2. The van der Waals surface area contributed by atoms with E-state index < -0.39 is 29.6 Å². The first-order chi connectivity index (χ1) is 22.0. The molecule has 0 saturated heterocycles. The number of hydrogen-bond donors (Lipinski definition) is 0. The zero-order chi connectivity index (χ0) is 34.1. The van der Waals surface area contributed by atoms with E-state index in [-0.39, 0.29) is 7.25 Å². The zero-order valence-corrected chi connectivity index (χ0v) is 36.0. The van der Waals surface area contributed by atoms with Gasteiger partial charge in [-0.2, -0.15) is 0 Å². The molecule has 4 aromatic rings. The normalized spacial score (nSPS) is 18.7. The second-order valence-electron chi connectivity index (χ2n) is 16.2. The van der Waals surface area contributed by atoms with Gasteiger partial charge in [0.05, 0.1) is 0 Å². The van der Waals surface area contributed by atoms with Crippen molar-refractivity contribution in [2.24, 2.45) is 5.92 Å². The molecule has 0 spiro atoms. The van der Waals surface area contributed by atoms with Crippen LogP contribution in [0.3, 0.4) is 0 Å². The van der Waals surface area contributed by atoms with E-state index in [2.05, 4.69) is 164 Å². The molecule has 47 heavy (non-hydrogen) atoms. The van der Waals surface area contributed by atoms with Crippen molar-refractivity contribution >= 4 is 48.4 Å². The second-order valence-corrected chi connectivity index (χ2v) is 63.7. The average Bonchev–Trinajstić information content (AvgIpc) is 3.60. The van der Waals surface area contributed by atoms with Gasteiger partial charge in [0, 0.05) is 0 Å². The molecule has 0 heterocycles. The van der Waals surface area contributed by atoms with E-state index in [9.17, 15) is 0 Å². The standard InChI is InChI=1S/C21H23.C19H21Si.C2H7Si.2ClH.Zr/c1-14(2)16-8-10-17(11-9-16)20-7-5-6-18-12-19(15(3)4)13-21(18)20;1-14-12-16-6-5-7-18(19(16)13-14)15-8-10-17(11-9-15)20(2,3)4;1-3-2;;;/h5-15H,1-4H3;5-13H,1-4H3;3H,1-2H3;2*1H;/q;;;;;+2/p-2. The van der Waals surface area contributed by atoms with Crippen LogP contribution in [0.1, 0.15) is 75.6 Å². The fourth-order valence-corrected chi connectivity index (χ4v) is 41.7. The van der Waals surface area contributed by atoms with Crippen molar-refractivity contribution in [3.8, 4) is 22.3 Å². The summed E-state index contributed by atoms with van der Waals surface area (Å²) in [4.78, 5) is 0. The van der Waals surface area contributed by atoms with Gasteiger partial charge < -0.3 is 0 Å². The number of fused-ring (bicyclic) bond motifs is 2. The summed E-state index contributed by atoms with van der Waals surface area (Å²) in [6.07, 6.45) is 4.91. The van der Waals surface area contributed by atoms with E-state index in [1.807, 2.05) is 0 Å². The van der Waals surface area contributed by atoms with E-state index in [4.69, 9.17) is 17.0 Å². The quantitative estimate of drug-likeness (QED) is 0.156. The second kappa shape index (κ2) is 12.5. The predicted molar refractivity (Wildman–Crippen MR) is 213 cm³/mol. The van der Waals surface area contributed by atoms with Gasteiger partial charge in [-0.1, -0.05) is 0 Å². The Bertz CT molecular complexity index is 1890. The van der Waals surface area contributed by atoms with Gasteiger partial charge in [0.2, 0.25) is 0 Å². The molecule has 0 N–H and O–H groups in total. The molecule has 2 aliphatic rings. The fourth-order valence-electron chi connectivity index (χ4n) is 8.36. The molecule has 2 aliphatic carbocycles. The molecule has 0 radical (unpaired) electrons. The minimum absolute atomic E-state index is 0.0923. The van der Waals surface area contributed by atoms with E-state index >= 15 is 0 Å². The summed E-state index contributed by atoms with van der Waals surface area (Å²) in [5.74, 6) is -0.757. The van der Waals surface area contributed by atoms with E-state index in [0.717, 1.165) is 0 Å². The molecule has 2 unspecified atom stereocenters. The third-order valence-corrected chi connectivity index (χ3v) is 65.2. The van der Waals surface area contributed by atoms with Crippen molar-refractivity contribution < 1.29 is 15.6 Å². The summed E-state index contributed by atoms with van der Waals surface area (Å²) in [5, 5.41) is 1.49. The summed E-state index contributed by atoms with van der Waals surface area (Å²) in [6, 6.07) is 32.3. The van der Waals surface area contributed by atoms with Crippen LogP contribution in [0.5, 0.6) is 0 Å². The zero-order valence-electron chi connectivity index (χ0n) is 29.9. The van der Waals surface area contributed by atoms with Crippen molar-refractivity contribution in [3.05, 3.63) is 124 Å². The molecule has 5 heteroatoms. The SMILES string of the molecule is CC1=Cc2c(-c3ccc([Si](C)(C)C)cc3)cccc2[CH]1[Zr]([Cl])([Cl])([CH]1C(C(C)C)=Cc2c(-c3ccc(C(C)C)cc3)cccc21)[SiH](C)C. The van der Waals surface area contributed by atoms with Gasteiger partial charge in [0.15, 0.2) is 0 Å². The molecular weight excluding hydrogens is 723 g/mol. The monoisotopic (exact) mass is 771 g/mol. The van der Waals surface area contributed by atoms with Crippen LogP contribution in [0, 0.1) is 5.92 Å². The van der Waals surface area contributed by atoms with Gasteiger partial charge in [-0.3, -0.25) is 0 Å². The summed E-state index contributed by atoms with van der Waals surface area (Å²) >= 11 is -4.80. The van der Waals surface area contributed by atoms with Gasteiger partial charge in [0.25, 0.3) is 0 Å². The first-order valence-corrected chi connectivity index (χ1v) is 37.3. The Morgan fingerprint density at radius 2 is 1.13 bits per heavy atom. The van der Waals surface area contributed by atoms with E-state index in [0.29, 0.717) is 11.8 Å². The number of hydrogen-bond acceptors (Lipinski definition) is 0. The Balaban J connectivity index is 1.52. The molecule has 0 saturated carbocycles. The molecule has 2 atom stereocenters. The topological polar surface area (TPSA) is 0 Å². The fraction of sp³-hybridized carbons (Fsp3) is 0.333. The molecule has 0 fully saturated rings. The van der Waals surface area contributed by atoms with Crippen LogP contribution in [0.15, 0.2) is 96.1 Å². The van der Waals surface area contributed by atoms with Crippen LogP contribution in [0.4, 0.5) is 0 Å². The van der Waals surface area contributed by atoms with Crippen molar-refractivity contribution in [3.63, 3.8) is 0 Å². The Morgan fingerprint density at radius 1 is 0.638 bits per heavy atom. The van der Waals surface area contributed by atoms with Crippen LogP contribution in [-0.4, -0.2) is 14.0 Å². The van der Waals surface area contributed by atoms with Crippen LogP contribution >= 0.6 is 17.0 Å². The van der Waals surface area contributed by atoms with Crippen LogP contribution < -0.4 is 5.19 Å². The molecule has 0 bridgehead atoms. The Kier molecular flexibility index (Phi) is 9.37. The molecule has 0 aromatic heterocycles.